The van der Waals surface area contributed by atoms with Gasteiger partial charge in [-0.05, 0) is 25.0 Å². The molecule has 0 aromatic heterocycles. The SMILES string of the molecule is Clc1ccccc1.O=C(O)C1CCCCC1. The van der Waals surface area contributed by atoms with Gasteiger partial charge in [-0.3, -0.25) is 4.79 Å². The smallest absolute Gasteiger partial charge is 0.306 e. The summed E-state index contributed by atoms with van der Waals surface area (Å²) in [5, 5.41) is 9.33. The highest BCUT2D eigenvalue weighted by molar-refractivity contribution is 6.30. The molecule has 0 radical (unpaired) electrons. The summed E-state index contributed by atoms with van der Waals surface area (Å²) in [4.78, 5) is 10.4. The molecule has 1 aliphatic carbocycles. The number of benzene rings is 1. The third-order valence-corrected chi connectivity index (χ3v) is 2.94. The lowest BCUT2D eigenvalue weighted by atomic mass is 9.90. The first-order chi connectivity index (χ1) is 7.70. The standard InChI is InChI=1S/C7H12O2.C6H5Cl/c8-7(9)6-4-2-1-3-5-6;7-6-4-2-1-3-5-6/h6H,1-5H2,(H,8,9);1-5H. The molecule has 0 amide bonds. The molecule has 88 valence electrons. The third-order valence-electron chi connectivity index (χ3n) is 2.69. The predicted molar refractivity (Wildman–Crippen MR) is 65.7 cm³/mol. The van der Waals surface area contributed by atoms with Gasteiger partial charge in [-0.25, -0.2) is 0 Å². The zero-order valence-corrected chi connectivity index (χ0v) is 9.99. The van der Waals surface area contributed by atoms with Gasteiger partial charge in [0, 0.05) is 5.02 Å². The maximum atomic E-state index is 10.4. The Bertz CT molecular complexity index is 305. The summed E-state index contributed by atoms with van der Waals surface area (Å²) >= 11 is 5.54. The molecule has 1 N–H and O–H groups in total. The maximum Gasteiger partial charge on any atom is 0.306 e. The van der Waals surface area contributed by atoms with Crippen molar-refractivity contribution < 1.29 is 9.90 Å². The van der Waals surface area contributed by atoms with Crippen molar-refractivity contribution in [3.63, 3.8) is 0 Å². The van der Waals surface area contributed by atoms with Crippen molar-refractivity contribution in [3.8, 4) is 0 Å². The molecular weight excluding hydrogens is 224 g/mol. The minimum absolute atomic E-state index is 0.0289. The Morgan fingerprint density at radius 1 is 1.12 bits per heavy atom. The van der Waals surface area contributed by atoms with Gasteiger partial charge in [0.05, 0.1) is 5.92 Å². The molecule has 16 heavy (non-hydrogen) atoms. The van der Waals surface area contributed by atoms with E-state index < -0.39 is 5.97 Å². The van der Waals surface area contributed by atoms with Gasteiger partial charge >= 0.3 is 5.97 Å². The summed E-state index contributed by atoms with van der Waals surface area (Å²) in [6.07, 6.45) is 5.24. The molecule has 3 heteroatoms. The fourth-order valence-electron chi connectivity index (χ4n) is 1.76. The lowest BCUT2D eigenvalue weighted by molar-refractivity contribution is -0.142. The molecule has 0 heterocycles. The Balaban J connectivity index is 0.000000165. The molecule has 1 saturated carbocycles. The molecule has 0 saturated heterocycles. The number of carboxylic acids is 1. The molecule has 1 fully saturated rings. The lowest BCUT2D eigenvalue weighted by Crippen LogP contribution is -2.16. The molecule has 0 spiro atoms. The van der Waals surface area contributed by atoms with E-state index in [1.165, 1.54) is 6.42 Å². The predicted octanol–water partition coefficient (Wildman–Crippen LogP) is 3.99. The number of carbonyl (C=O) groups is 1. The summed E-state index contributed by atoms with van der Waals surface area (Å²) in [5.74, 6) is -0.631. The van der Waals surface area contributed by atoms with Gasteiger partial charge in [0.15, 0.2) is 0 Å². The molecule has 2 rings (SSSR count). The van der Waals surface area contributed by atoms with Gasteiger partial charge in [0.25, 0.3) is 0 Å². The Kier molecular flexibility index (Phi) is 5.94. The largest absolute Gasteiger partial charge is 0.481 e. The maximum absolute atomic E-state index is 10.4. The monoisotopic (exact) mass is 240 g/mol. The van der Waals surface area contributed by atoms with Crippen LogP contribution in [0.15, 0.2) is 30.3 Å². The molecule has 1 aromatic carbocycles. The molecule has 1 aromatic rings. The molecule has 0 unspecified atom stereocenters. The summed E-state index contributed by atoms with van der Waals surface area (Å²) in [6, 6.07) is 9.44. The number of rotatable bonds is 1. The first-order valence-corrected chi connectivity index (χ1v) is 6.01. The molecule has 1 aliphatic rings. The Labute approximate surface area is 101 Å². The summed E-state index contributed by atoms with van der Waals surface area (Å²) < 4.78 is 0. The molecular formula is C13H17ClO2. The average Bonchev–Trinajstić information content (AvgIpc) is 2.32. The van der Waals surface area contributed by atoms with E-state index >= 15 is 0 Å². The van der Waals surface area contributed by atoms with E-state index in [-0.39, 0.29) is 5.92 Å². The molecule has 0 atom stereocenters. The lowest BCUT2D eigenvalue weighted by Gasteiger charge is -2.16. The van der Waals surface area contributed by atoms with Crippen LogP contribution in [0.3, 0.4) is 0 Å². The Morgan fingerprint density at radius 3 is 2.00 bits per heavy atom. The van der Waals surface area contributed by atoms with Crippen molar-refractivity contribution in [1.82, 2.24) is 0 Å². The van der Waals surface area contributed by atoms with Gasteiger partial charge in [0.1, 0.15) is 0 Å². The Morgan fingerprint density at radius 2 is 1.69 bits per heavy atom. The fourth-order valence-corrected chi connectivity index (χ4v) is 1.91. The second-order valence-electron chi connectivity index (χ2n) is 3.97. The van der Waals surface area contributed by atoms with E-state index in [4.69, 9.17) is 16.7 Å². The van der Waals surface area contributed by atoms with Gasteiger partial charge in [-0.2, -0.15) is 0 Å². The minimum Gasteiger partial charge on any atom is -0.481 e. The van der Waals surface area contributed by atoms with Gasteiger partial charge < -0.3 is 5.11 Å². The van der Waals surface area contributed by atoms with Crippen molar-refractivity contribution in [3.05, 3.63) is 35.4 Å². The third kappa shape index (κ3) is 5.17. The van der Waals surface area contributed by atoms with Crippen LogP contribution >= 0.6 is 11.6 Å². The number of hydrogen-bond acceptors (Lipinski definition) is 1. The van der Waals surface area contributed by atoms with E-state index in [9.17, 15) is 4.79 Å². The van der Waals surface area contributed by atoms with Crippen LogP contribution in [0.1, 0.15) is 32.1 Å². The zero-order chi connectivity index (χ0) is 11.8. The number of carboxylic acid groups (broad SMARTS) is 1. The van der Waals surface area contributed by atoms with E-state index in [1.54, 1.807) is 0 Å². The highest BCUT2D eigenvalue weighted by Gasteiger charge is 2.19. The molecule has 2 nitrogen and oxygen atoms in total. The van der Waals surface area contributed by atoms with Gasteiger partial charge in [0.2, 0.25) is 0 Å². The van der Waals surface area contributed by atoms with Crippen LogP contribution in [0.2, 0.25) is 5.02 Å². The van der Waals surface area contributed by atoms with Crippen LogP contribution < -0.4 is 0 Å². The fraction of sp³-hybridized carbons (Fsp3) is 0.462. The van der Waals surface area contributed by atoms with Gasteiger partial charge in [-0.15, -0.1) is 0 Å². The van der Waals surface area contributed by atoms with E-state index in [2.05, 4.69) is 0 Å². The zero-order valence-electron chi connectivity index (χ0n) is 9.23. The van der Waals surface area contributed by atoms with E-state index in [0.717, 1.165) is 30.7 Å². The molecule has 0 bridgehead atoms. The molecule has 0 aliphatic heterocycles. The minimum atomic E-state index is -0.602. The van der Waals surface area contributed by atoms with Crippen molar-refractivity contribution >= 4 is 17.6 Å². The van der Waals surface area contributed by atoms with E-state index in [0.29, 0.717) is 0 Å². The summed E-state index contributed by atoms with van der Waals surface area (Å²) in [5.41, 5.74) is 0. The average molecular weight is 241 g/mol. The summed E-state index contributed by atoms with van der Waals surface area (Å²) in [7, 11) is 0. The number of aliphatic carboxylic acids is 1. The topological polar surface area (TPSA) is 37.3 Å². The van der Waals surface area contributed by atoms with Crippen LogP contribution in [-0.4, -0.2) is 11.1 Å². The van der Waals surface area contributed by atoms with Crippen molar-refractivity contribution in [2.75, 3.05) is 0 Å². The van der Waals surface area contributed by atoms with Crippen LogP contribution in [0, 0.1) is 5.92 Å². The van der Waals surface area contributed by atoms with E-state index in [1.807, 2.05) is 30.3 Å². The first kappa shape index (κ1) is 13.0. The van der Waals surface area contributed by atoms with Crippen LogP contribution in [0.25, 0.3) is 0 Å². The summed E-state index contributed by atoms with van der Waals surface area (Å²) in [6.45, 7) is 0. The van der Waals surface area contributed by atoms with Crippen molar-refractivity contribution in [2.24, 2.45) is 5.92 Å². The van der Waals surface area contributed by atoms with Crippen LogP contribution in [-0.2, 0) is 4.79 Å². The first-order valence-electron chi connectivity index (χ1n) is 5.63. The van der Waals surface area contributed by atoms with Crippen molar-refractivity contribution in [2.45, 2.75) is 32.1 Å². The Hall–Kier alpha value is -1.02. The second kappa shape index (κ2) is 7.29. The van der Waals surface area contributed by atoms with Crippen LogP contribution in [0.4, 0.5) is 0 Å². The highest BCUT2D eigenvalue weighted by Crippen LogP contribution is 2.23. The normalized spacial score (nSPS) is 16.1. The quantitative estimate of drug-likeness (QED) is 0.806. The highest BCUT2D eigenvalue weighted by atomic mass is 35.5. The number of hydrogen-bond donors (Lipinski definition) is 1. The number of halogens is 1. The van der Waals surface area contributed by atoms with Crippen molar-refractivity contribution in [1.29, 1.82) is 0 Å². The second-order valence-corrected chi connectivity index (χ2v) is 4.41. The van der Waals surface area contributed by atoms with Crippen LogP contribution in [0.5, 0.6) is 0 Å². The van der Waals surface area contributed by atoms with Gasteiger partial charge in [-0.1, -0.05) is 49.1 Å².